The summed E-state index contributed by atoms with van der Waals surface area (Å²) in [5.74, 6) is -0.0293. The van der Waals surface area contributed by atoms with Crippen LogP contribution in [0.3, 0.4) is 0 Å². The molecule has 1 amide bonds. The lowest BCUT2D eigenvalue weighted by Gasteiger charge is -2.26. The van der Waals surface area contributed by atoms with Crippen LogP contribution >= 0.6 is 23.2 Å². The summed E-state index contributed by atoms with van der Waals surface area (Å²) in [6, 6.07) is 19.0. The van der Waals surface area contributed by atoms with Crippen molar-refractivity contribution in [2.75, 3.05) is 19.5 Å². The van der Waals surface area contributed by atoms with Gasteiger partial charge in [0.25, 0.3) is 0 Å². The van der Waals surface area contributed by atoms with Crippen molar-refractivity contribution in [3.63, 3.8) is 0 Å². The van der Waals surface area contributed by atoms with E-state index in [-0.39, 0.29) is 38.9 Å². The van der Waals surface area contributed by atoms with Crippen molar-refractivity contribution >= 4 is 41.6 Å². The molecule has 3 aromatic rings. The quantitative estimate of drug-likeness (QED) is 0.243. The number of halogens is 4. The van der Waals surface area contributed by atoms with Gasteiger partial charge in [0.15, 0.2) is 0 Å². The summed E-state index contributed by atoms with van der Waals surface area (Å²) in [6.07, 6.45) is 4.14. The van der Waals surface area contributed by atoms with Gasteiger partial charge >= 0.3 is 0 Å². The fraction of sp³-hybridized carbons (Fsp3) is 0.417. The van der Waals surface area contributed by atoms with E-state index >= 15 is 0 Å². The maximum absolute atomic E-state index is 14.2. The Labute approximate surface area is 282 Å². The number of amides is 1. The molecule has 0 heterocycles. The van der Waals surface area contributed by atoms with Crippen molar-refractivity contribution in [1.82, 2.24) is 5.32 Å². The molecule has 0 radical (unpaired) electrons. The molecule has 4 rings (SSSR count). The van der Waals surface area contributed by atoms with Crippen molar-refractivity contribution in [2.45, 2.75) is 65.8 Å². The molecular weight excluding hydrogens is 631 g/mol. The molecule has 1 aliphatic carbocycles. The number of nitrogens with zero attached hydrogens (tertiary/aromatic N) is 1. The first-order chi connectivity index (χ1) is 21.7. The van der Waals surface area contributed by atoms with E-state index in [2.05, 4.69) is 51.3 Å². The Morgan fingerprint density at radius 2 is 1.65 bits per heavy atom. The number of carbonyl (C=O) groups is 2. The summed E-state index contributed by atoms with van der Waals surface area (Å²) < 4.78 is 31.3. The molecule has 3 unspecified atom stereocenters. The van der Waals surface area contributed by atoms with E-state index < -0.39 is 0 Å². The first kappa shape index (κ1) is 40.5. The van der Waals surface area contributed by atoms with Gasteiger partial charge in [-0.1, -0.05) is 82.1 Å². The van der Waals surface area contributed by atoms with Gasteiger partial charge in [-0.25, -0.2) is 8.78 Å². The standard InChI is InChI=1S/C17H21ClFN.C9H9NO3.C6H4ClF.C4H11N/c1-17(2,3)9-11-7-8-12(14(11)10-20)13-5-4-6-15(18)16(13)19;1-13-9-4-7(5-11)2-3-8(9)10-6-12;7-5-3-1-2-4-6(5)8;1-4(2)5-3/h4-6,11-12,14H,7-9H2,1-3H3;2-6H,1H3,(H,10,12);1-4H;4-5H,1-3H3. The summed E-state index contributed by atoms with van der Waals surface area (Å²) >= 11 is 11.2. The highest BCUT2D eigenvalue weighted by atomic mass is 35.5. The van der Waals surface area contributed by atoms with E-state index in [0.29, 0.717) is 47.2 Å². The van der Waals surface area contributed by atoms with E-state index in [9.17, 15) is 23.6 Å². The summed E-state index contributed by atoms with van der Waals surface area (Å²) in [4.78, 5) is 20.6. The Hall–Kier alpha value is -3.51. The molecule has 6 nitrogen and oxygen atoms in total. The van der Waals surface area contributed by atoms with Crippen LogP contribution < -0.4 is 15.4 Å². The fourth-order valence-electron chi connectivity index (χ4n) is 4.85. The molecule has 1 aliphatic rings. The molecule has 1 saturated carbocycles. The summed E-state index contributed by atoms with van der Waals surface area (Å²) in [7, 11) is 3.42. The van der Waals surface area contributed by atoms with E-state index in [0.717, 1.165) is 19.3 Å². The molecule has 3 aromatic carbocycles. The van der Waals surface area contributed by atoms with E-state index in [1.807, 2.05) is 7.05 Å². The number of carbonyl (C=O) groups excluding carboxylic acids is 2. The number of benzene rings is 3. The minimum absolute atomic E-state index is 0.0222. The topological polar surface area (TPSA) is 91.2 Å². The first-order valence-corrected chi connectivity index (χ1v) is 15.7. The first-order valence-electron chi connectivity index (χ1n) is 15.0. The van der Waals surface area contributed by atoms with Gasteiger partial charge in [0, 0.05) is 17.5 Å². The lowest BCUT2D eigenvalue weighted by molar-refractivity contribution is -0.105. The van der Waals surface area contributed by atoms with Crippen LogP contribution in [0.15, 0.2) is 60.7 Å². The zero-order chi connectivity index (χ0) is 34.9. The maximum atomic E-state index is 14.2. The van der Waals surface area contributed by atoms with Gasteiger partial charge in [-0.15, -0.1) is 0 Å². The van der Waals surface area contributed by atoms with Crippen LogP contribution in [0.4, 0.5) is 14.5 Å². The number of nitrogens with one attached hydrogen (secondary N) is 2. The Kier molecular flexibility index (Phi) is 18.1. The molecule has 250 valence electrons. The third kappa shape index (κ3) is 13.9. The second kappa shape index (κ2) is 20.6. The van der Waals surface area contributed by atoms with Gasteiger partial charge in [-0.3, -0.25) is 9.59 Å². The van der Waals surface area contributed by atoms with Gasteiger partial charge < -0.3 is 15.4 Å². The number of nitriles is 1. The summed E-state index contributed by atoms with van der Waals surface area (Å²) in [6.45, 7) is 10.8. The highest BCUT2D eigenvalue weighted by Gasteiger charge is 2.40. The van der Waals surface area contributed by atoms with Gasteiger partial charge in [0.05, 0.1) is 34.8 Å². The minimum atomic E-state index is -0.367. The normalized spacial score (nSPS) is 16.7. The zero-order valence-corrected chi connectivity index (χ0v) is 29.1. The highest BCUT2D eigenvalue weighted by Crippen LogP contribution is 2.48. The largest absolute Gasteiger partial charge is 0.495 e. The van der Waals surface area contributed by atoms with E-state index in [4.69, 9.17) is 27.9 Å². The second-order valence-electron chi connectivity index (χ2n) is 12.2. The van der Waals surface area contributed by atoms with Crippen LogP contribution in [-0.4, -0.2) is 32.9 Å². The highest BCUT2D eigenvalue weighted by molar-refractivity contribution is 6.31. The van der Waals surface area contributed by atoms with Crippen molar-refractivity contribution in [1.29, 1.82) is 5.26 Å². The number of rotatable bonds is 7. The number of methoxy groups -OCH3 is 1. The molecule has 0 saturated heterocycles. The molecule has 10 heteroatoms. The van der Waals surface area contributed by atoms with Crippen molar-refractivity contribution < 1.29 is 23.1 Å². The van der Waals surface area contributed by atoms with Crippen molar-refractivity contribution in [3.8, 4) is 11.8 Å². The molecule has 0 bridgehead atoms. The fourth-order valence-corrected chi connectivity index (χ4v) is 5.17. The molecular formula is C36H45Cl2F2N3O3. The van der Waals surface area contributed by atoms with Gasteiger partial charge in [0.1, 0.15) is 23.7 Å². The Morgan fingerprint density at radius 1 is 1.02 bits per heavy atom. The molecule has 0 aromatic heterocycles. The van der Waals surface area contributed by atoms with Crippen LogP contribution in [-0.2, 0) is 4.79 Å². The average Bonchev–Trinajstić information content (AvgIpc) is 3.41. The average molecular weight is 677 g/mol. The van der Waals surface area contributed by atoms with Crippen LogP contribution in [0, 0.1) is 40.2 Å². The SMILES string of the molecule is CC(C)(C)CC1CCC(c2cccc(Cl)c2F)C1C#N.CNC(C)C.COc1cc(C=O)ccc1NC=O.Fc1ccccc1Cl. The number of hydrogen-bond donors (Lipinski definition) is 2. The number of anilines is 1. The zero-order valence-electron chi connectivity index (χ0n) is 27.5. The second-order valence-corrected chi connectivity index (χ2v) is 13.0. The maximum Gasteiger partial charge on any atom is 0.211 e. The Bertz CT molecular complexity index is 1400. The monoisotopic (exact) mass is 675 g/mol. The third-order valence-electron chi connectivity index (χ3n) is 7.17. The van der Waals surface area contributed by atoms with Gasteiger partial charge in [-0.05, 0) is 79.6 Å². The molecule has 2 N–H and O–H groups in total. The number of aldehydes is 1. The predicted octanol–water partition coefficient (Wildman–Crippen LogP) is 9.72. The molecule has 0 spiro atoms. The molecule has 1 fully saturated rings. The lowest BCUT2D eigenvalue weighted by atomic mass is 9.78. The van der Waals surface area contributed by atoms with E-state index in [1.54, 1.807) is 48.5 Å². The van der Waals surface area contributed by atoms with E-state index in [1.165, 1.54) is 19.2 Å². The summed E-state index contributed by atoms with van der Waals surface area (Å²) in [5.41, 5.74) is 1.86. The molecule has 3 atom stereocenters. The van der Waals surface area contributed by atoms with Crippen LogP contribution in [0.2, 0.25) is 10.0 Å². The van der Waals surface area contributed by atoms with Crippen LogP contribution in [0.5, 0.6) is 5.75 Å². The van der Waals surface area contributed by atoms with Crippen molar-refractivity contribution in [3.05, 3.63) is 93.5 Å². The Morgan fingerprint density at radius 3 is 2.13 bits per heavy atom. The van der Waals surface area contributed by atoms with Crippen molar-refractivity contribution in [2.24, 2.45) is 17.3 Å². The minimum Gasteiger partial charge on any atom is -0.495 e. The third-order valence-corrected chi connectivity index (χ3v) is 7.77. The lowest BCUT2D eigenvalue weighted by Crippen LogP contribution is -2.19. The predicted molar refractivity (Wildman–Crippen MR) is 184 cm³/mol. The molecule has 0 aliphatic heterocycles. The number of hydrogen-bond acceptors (Lipinski definition) is 5. The van der Waals surface area contributed by atoms with Crippen LogP contribution in [0.25, 0.3) is 0 Å². The van der Waals surface area contributed by atoms with Gasteiger partial charge in [-0.2, -0.15) is 5.26 Å². The van der Waals surface area contributed by atoms with Gasteiger partial charge in [0.2, 0.25) is 6.41 Å². The summed E-state index contributed by atoms with van der Waals surface area (Å²) in [5, 5.41) is 15.3. The Balaban J connectivity index is 0.000000347. The van der Waals surface area contributed by atoms with Crippen LogP contribution in [0.1, 0.15) is 75.7 Å². The molecule has 46 heavy (non-hydrogen) atoms. The smallest absolute Gasteiger partial charge is 0.211 e. The number of ether oxygens (including phenoxy) is 1.